The van der Waals surface area contributed by atoms with Crippen molar-refractivity contribution in [1.29, 1.82) is 0 Å². The van der Waals surface area contributed by atoms with Gasteiger partial charge in [0, 0.05) is 11.8 Å². The fraction of sp³-hybridized carbons (Fsp3) is 0.750. The molecule has 4 nitrogen and oxygen atoms in total. The average Bonchev–Trinajstić information content (AvgIpc) is 2.11. The smallest absolute Gasteiger partial charge is 0.203 e. The molecule has 0 fully saturated rings. The van der Waals surface area contributed by atoms with Gasteiger partial charge in [0.1, 0.15) is 0 Å². The van der Waals surface area contributed by atoms with Gasteiger partial charge in [0.15, 0.2) is 0 Å². The first kappa shape index (κ1) is 10.9. The van der Waals surface area contributed by atoms with E-state index in [1.165, 1.54) is 0 Å². The monoisotopic (exact) mass is 168 g/mol. The van der Waals surface area contributed by atoms with Crippen molar-refractivity contribution < 1.29 is 9.59 Å². The normalized spacial score (nSPS) is 15.8. The molecule has 2 atom stereocenters. The third-order valence-electron chi connectivity index (χ3n) is 1.21. The third-order valence-corrected chi connectivity index (χ3v) is 1.21. The lowest BCUT2D eigenvalue weighted by Gasteiger charge is -1.95. The van der Waals surface area contributed by atoms with Crippen LogP contribution in [0.25, 0.3) is 0 Å². The molecule has 0 aromatic carbocycles. The summed E-state index contributed by atoms with van der Waals surface area (Å²) < 4.78 is 0. The van der Waals surface area contributed by atoms with Crippen LogP contribution < -0.4 is 0 Å². The fourth-order valence-electron chi connectivity index (χ4n) is 0.435. The number of azo groups is 1. The van der Waals surface area contributed by atoms with Gasteiger partial charge in [0.2, 0.25) is 12.6 Å². The molecule has 0 spiro atoms. The largest absolute Gasteiger partial charge is 0.291 e. The Balaban J connectivity index is 3.49. The predicted octanol–water partition coefficient (Wildman–Crippen LogP) is 0.930. The van der Waals surface area contributed by atoms with E-state index in [-0.39, 0.29) is 11.8 Å². The first-order valence-corrected chi connectivity index (χ1v) is 3.79. The average molecular weight is 168 g/mol. The molecular formula is C8H12N2O2. The second kappa shape index (κ2) is 6.64. The highest BCUT2D eigenvalue weighted by Crippen LogP contribution is 1.93. The standard InChI is InChI=1S/C8H12N2O2/c1-7(5-11)3-9-10-4-8(2)6-12/h7-8H,3-4H2,1-2H3. The topological polar surface area (TPSA) is 58.9 Å². The van der Waals surface area contributed by atoms with Crippen LogP contribution in [-0.2, 0) is 9.59 Å². The zero-order chi connectivity index (χ0) is 9.40. The van der Waals surface area contributed by atoms with Gasteiger partial charge in [0.25, 0.3) is 0 Å². The summed E-state index contributed by atoms with van der Waals surface area (Å²) in [6.45, 7) is 4.10. The molecule has 2 unspecified atom stereocenters. The van der Waals surface area contributed by atoms with Crippen LogP contribution in [0.3, 0.4) is 0 Å². The summed E-state index contributed by atoms with van der Waals surface area (Å²) in [6.07, 6.45) is 3.57. The molecule has 0 saturated heterocycles. The van der Waals surface area contributed by atoms with Gasteiger partial charge in [-0.05, 0) is 0 Å². The first-order chi connectivity index (χ1) is 5.70. The van der Waals surface area contributed by atoms with Crippen LogP contribution in [0.15, 0.2) is 10.2 Å². The van der Waals surface area contributed by atoms with Crippen LogP contribution in [0.1, 0.15) is 13.8 Å². The molecule has 4 heteroatoms. The number of rotatable bonds is 6. The molecule has 0 aliphatic heterocycles. The van der Waals surface area contributed by atoms with Crippen molar-refractivity contribution in [3.8, 4) is 0 Å². The summed E-state index contributed by atoms with van der Waals surface area (Å²) in [5, 5.41) is 7.43. The minimum Gasteiger partial charge on any atom is -0.291 e. The summed E-state index contributed by atoms with van der Waals surface area (Å²) in [4.78, 5) is 20.0. The zero-order valence-electron chi connectivity index (χ0n) is 7.28. The molecule has 0 aromatic rings. The lowest BCUT2D eigenvalue weighted by atomic mass is 10.2. The number of hydrogen-bond acceptors (Lipinski definition) is 4. The van der Waals surface area contributed by atoms with Gasteiger partial charge < -0.3 is 0 Å². The fourth-order valence-corrected chi connectivity index (χ4v) is 0.435. The maximum atomic E-state index is 10.0. The summed E-state index contributed by atoms with van der Waals surface area (Å²) in [6, 6.07) is 0. The van der Waals surface area contributed by atoms with Crippen LogP contribution in [0, 0.1) is 11.8 Å². The molecule has 2 radical (unpaired) electrons. The Labute approximate surface area is 72.1 Å². The van der Waals surface area contributed by atoms with Crippen LogP contribution in [0.2, 0.25) is 0 Å². The molecule has 66 valence electrons. The summed E-state index contributed by atoms with van der Waals surface area (Å²) >= 11 is 0. The third kappa shape index (κ3) is 5.70. The molecular weight excluding hydrogens is 156 g/mol. The second-order valence-corrected chi connectivity index (χ2v) is 2.69. The van der Waals surface area contributed by atoms with Crippen LogP contribution in [0.4, 0.5) is 0 Å². The highest BCUT2D eigenvalue weighted by molar-refractivity contribution is 5.54. The van der Waals surface area contributed by atoms with Gasteiger partial charge >= 0.3 is 0 Å². The number of nitrogens with zero attached hydrogens (tertiary/aromatic N) is 2. The lowest BCUT2D eigenvalue weighted by Crippen LogP contribution is -2.02. The molecule has 0 rings (SSSR count). The van der Waals surface area contributed by atoms with E-state index in [0.717, 1.165) is 0 Å². The molecule has 0 aliphatic rings. The van der Waals surface area contributed by atoms with E-state index in [4.69, 9.17) is 0 Å². The van der Waals surface area contributed by atoms with E-state index in [0.29, 0.717) is 13.1 Å². The van der Waals surface area contributed by atoms with Gasteiger partial charge in [-0.3, -0.25) is 9.59 Å². The van der Waals surface area contributed by atoms with E-state index in [2.05, 4.69) is 10.2 Å². The molecule has 0 aliphatic carbocycles. The van der Waals surface area contributed by atoms with E-state index in [1.807, 2.05) is 0 Å². The molecule has 0 saturated carbocycles. The molecule has 0 aromatic heterocycles. The van der Waals surface area contributed by atoms with Crippen molar-refractivity contribution in [2.45, 2.75) is 13.8 Å². The van der Waals surface area contributed by atoms with Gasteiger partial charge in [-0.15, -0.1) is 0 Å². The lowest BCUT2D eigenvalue weighted by molar-refractivity contribution is 0.522. The Bertz CT molecular complexity index is 150. The quantitative estimate of drug-likeness (QED) is 0.554. The van der Waals surface area contributed by atoms with Crippen molar-refractivity contribution in [1.82, 2.24) is 0 Å². The SMILES string of the molecule is CC([C]=O)CN=NCC(C)[C]=O. The summed E-state index contributed by atoms with van der Waals surface area (Å²) in [7, 11) is 0. The predicted molar refractivity (Wildman–Crippen MR) is 44.3 cm³/mol. The van der Waals surface area contributed by atoms with E-state index >= 15 is 0 Å². The Kier molecular flexibility index (Phi) is 6.05. The van der Waals surface area contributed by atoms with Crippen molar-refractivity contribution in [3.05, 3.63) is 0 Å². The Morgan fingerprint density at radius 1 is 1.00 bits per heavy atom. The van der Waals surface area contributed by atoms with Crippen molar-refractivity contribution in [2.24, 2.45) is 22.1 Å². The van der Waals surface area contributed by atoms with Crippen LogP contribution in [0.5, 0.6) is 0 Å². The molecule has 0 heterocycles. The van der Waals surface area contributed by atoms with Gasteiger partial charge in [0.05, 0.1) is 13.1 Å². The number of carbonyl (C=O) groups excluding carboxylic acids is 2. The highest BCUT2D eigenvalue weighted by Gasteiger charge is 1.99. The van der Waals surface area contributed by atoms with Gasteiger partial charge in [-0.2, -0.15) is 10.2 Å². The number of hydrogen-bond donors (Lipinski definition) is 0. The maximum absolute atomic E-state index is 10.0. The first-order valence-electron chi connectivity index (χ1n) is 3.79. The molecule has 0 amide bonds. The van der Waals surface area contributed by atoms with Crippen molar-refractivity contribution in [3.63, 3.8) is 0 Å². The zero-order valence-corrected chi connectivity index (χ0v) is 7.28. The Hall–Kier alpha value is -1.06. The summed E-state index contributed by atoms with van der Waals surface area (Å²) in [5.74, 6) is -0.437. The molecule has 12 heavy (non-hydrogen) atoms. The molecule has 0 N–H and O–H groups in total. The summed E-state index contributed by atoms with van der Waals surface area (Å²) in [5.41, 5.74) is 0. The highest BCUT2D eigenvalue weighted by atomic mass is 16.1. The minimum atomic E-state index is -0.218. The Morgan fingerprint density at radius 3 is 1.58 bits per heavy atom. The second-order valence-electron chi connectivity index (χ2n) is 2.69. The minimum absolute atomic E-state index is 0.218. The van der Waals surface area contributed by atoms with Gasteiger partial charge in [-0.25, -0.2) is 0 Å². The Morgan fingerprint density at radius 2 is 1.33 bits per heavy atom. The van der Waals surface area contributed by atoms with Crippen molar-refractivity contribution in [2.75, 3.05) is 13.1 Å². The van der Waals surface area contributed by atoms with Crippen molar-refractivity contribution >= 4 is 12.6 Å². The maximum Gasteiger partial charge on any atom is 0.203 e. The van der Waals surface area contributed by atoms with E-state index in [1.54, 1.807) is 26.4 Å². The van der Waals surface area contributed by atoms with Gasteiger partial charge in [-0.1, -0.05) is 13.8 Å². The van der Waals surface area contributed by atoms with Crippen LogP contribution >= 0.6 is 0 Å². The molecule has 0 bridgehead atoms. The van der Waals surface area contributed by atoms with E-state index in [9.17, 15) is 9.59 Å². The van der Waals surface area contributed by atoms with E-state index < -0.39 is 0 Å². The van der Waals surface area contributed by atoms with Crippen LogP contribution in [-0.4, -0.2) is 25.7 Å².